The summed E-state index contributed by atoms with van der Waals surface area (Å²) < 4.78 is 0.528. The lowest BCUT2D eigenvalue weighted by molar-refractivity contribution is -0.105. The Morgan fingerprint density at radius 3 is 2.77 bits per heavy atom. The van der Waals surface area contributed by atoms with E-state index < -0.39 is 5.97 Å². The first kappa shape index (κ1) is 9.97. The van der Waals surface area contributed by atoms with Crippen molar-refractivity contribution >= 4 is 40.7 Å². The number of nitrogens with one attached hydrogen (secondary N) is 1. The third kappa shape index (κ3) is 2.18. The smallest absolute Gasteiger partial charge is 0.336 e. The van der Waals surface area contributed by atoms with Crippen molar-refractivity contribution in [2.24, 2.45) is 0 Å². The minimum absolute atomic E-state index is 0.187. The fourth-order valence-electron chi connectivity index (χ4n) is 0.872. The fourth-order valence-corrected chi connectivity index (χ4v) is 1.62. The van der Waals surface area contributed by atoms with Crippen molar-refractivity contribution in [3.8, 4) is 0 Å². The van der Waals surface area contributed by atoms with Gasteiger partial charge in [0.15, 0.2) is 0 Å². The van der Waals surface area contributed by atoms with Crippen LogP contribution in [0.1, 0.15) is 10.4 Å². The van der Waals surface area contributed by atoms with Gasteiger partial charge in [-0.3, -0.25) is 4.79 Å². The van der Waals surface area contributed by atoms with Crippen molar-refractivity contribution in [2.45, 2.75) is 0 Å². The van der Waals surface area contributed by atoms with Crippen molar-refractivity contribution in [3.05, 3.63) is 27.3 Å². The summed E-state index contributed by atoms with van der Waals surface area (Å²) in [6.45, 7) is 0. The molecular formula is C8H6INO3. The molecule has 1 amide bonds. The molecule has 1 rings (SSSR count). The SMILES string of the molecule is O=CNc1cccc(C(=O)O)c1I. The monoisotopic (exact) mass is 291 g/mol. The van der Waals surface area contributed by atoms with Gasteiger partial charge < -0.3 is 10.4 Å². The minimum Gasteiger partial charge on any atom is -0.478 e. The topological polar surface area (TPSA) is 66.4 Å². The summed E-state index contributed by atoms with van der Waals surface area (Å²) in [5.74, 6) is -1.00. The minimum atomic E-state index is -1.00. The first-order chi connectivity index (χ1) is 6.16. The van der Waals surface area contributed by atoms with Gasteiger partial charge in [0.2, 0.25) is 6.41 Å². The van der Waals surface area contributed by atoms with Crippen molar-refractivity contribution in [1.29, 1.82) is 0 Å². The lowest BCUT2D eigenvalue weighted by Gasteiger charge is -2.04. The molecule has 0 aliphatic heterocycles. The summed E-state index contributed by atoms with van der Waals surface area (Å²) in [7, 11) is 0. The van der Waals surface area contributed by atoms with Gasteiger partial charge in [0.25, 0.3) is 0 Å². The largest absolute Gasteiger partial charge is 0.478 e. The lowest BCUT2D eigenvalue weighted by Crippen LogP contribution is -2.03. The lowest BCUT2D eigenvalue weighted by atomic mass is 10.2. The number of rotatable bonds is 3. The van der Waals surface area contributed by atoms with Gasteiger partial charge >= 0.3 is 5.97 Å². The molecule has 0 aliphatic carbocycles. The van der Waals surface area contributed by atoms with Crippen LogP contribution >= 0.6 is 22.6 Å². The number of halogens is 1. The Labute approximate surface area is 88.1 Å². The predicted molar refractivity (Wildman–Crippen MR) is 55.8 cm³/mol. The molecule has 0 saturated carbocycles. The van der Waals surface area contributed by atoms with Crippen molar-refractivity contribution in [3.63, 3.8) is 0 Å². The van der Waals surface area contributed by atoms with Gasteiger partial charge in [-0.2, -0.15) is 0 Å². The molecule has 0 unspecified atom stereocenters. The van der Waals surface area contributed by atoms with Gasteiger partial charge in [-0.15, -0.1) is 0 Å². The molecular weight excluding hydrogens is 285 g/mol. The van der Waals surface area contributed by atoms with E-state index in [-0.39, 0.29) is 5.56 Å². The zero-order valence-electron chi connectivity index (χ0n) is 6.45. The van der Waals surface area contributed by atoms with Crippen LogP contribution in [0, 0.1) is 3.57 Å². The van der Waals surface area contributed by atoms with Crippen LogP contribution < -0.4 is 5.32 Å². The average molecular weight is 291 g/mol. The first-order valence-electron chi connectivity index (χ1n) is 3.39. The number of amides is 1. The van der Waals surface area contributed by atoms with E-state index in [1.54, 1.807) is 12.1 Å². The number of aromatic carboxylic acids is 1. The Morgan fingerprint density at radius 2 is 2.23 bits per heavy atom. The molecule has 0 spiro atoms. The number of carboxylic acids is 1. The molecule has 0 aliphatic rings. The maximum Gasteiger partial charge on any atom is 0.336 e. The molecule has 1 aromatic rings. The van der Waals surface area contributed by atoms with Crippen LogP contribution in [0.4, 0.5) is 5.69 Å². The average Bonchev–Trinajstić information content (AvgIpc) is 2.08. The Bertz CT molecular complexity index is 351. The van der Waals surface area contributed by atoms with Crippen LogP contribution in [0.2, 0.25) is 0 Å². The number of carboxylic acid groups (broad SMARTS) is 1. The summed E-state index contributed by atoms with van der Waals surface area (Å²) in [6.07, 6.45) is 0.517. The molecule has 4 nitrogen and oxygen atoms in total. The number of hydrogen-bond donors (Lipinski definition) is 2. The Kier molecular flexibility index (Phi) is 3.24. The summed E-state index contributed by atoms with van der Waals surface area (Å²) in [5.41, 5.74) is 0.697. The molecule has 1 aromatic carbocycles. The highest BCUT2D eigenvalue weighted by Gasteiger charge is 2.10. The Hall–Kier alpha value is -1.11. The van der Waals surface area contributed by atoms with Crippen molar-refractivity contribution in [1.82, 2.24) is 0 Å². The Morgan fingerprint density at radius 1 is 1.54 bits per heavy atom. The predicted octanol–water partition coefficient (Wildman–Crippen LogP) is 1.56. The van der Waals surface area contributed by atoms with E-state index >= 15 is 0 Å². The van der Waals surface area contributed by atoms with Gasteiger partial charge in [0.05, 0.1) is 14.8 Å². The second kappa shape index (κ2) is 4.22. The molecule has 0 aromatic heterocycles. The van der Waals surface area contributed by atoms with Gasteiger partial charge in [0.1, 0.15) is 0 Å². The second-order valence-corrected chi connectivity index (χ2v) is 3.31. The standard InChI is InChI=1S/C8H6INO3/c9-7-5(8(12)13)2-1-3-6(7)10-4-11/h1-4H,(H,10,11)(H,12,13). The zero-order chi connectivity index (χ0) is 9.84. The van der Waals surface area contributed by atoms with Crippen LogP contribution in [0.3, 0.4) is 0 Å². The van der Waals surface area contributed by atoms with Crippen LogP contribution in [0.5, 0.6) is 0 Å². The summed E-state index contributed by atoms with van der Waals surface area (Å²) in [5, 5.41) is 11.2. The molecule has 5 heteroatoms. The number of hydrogen-bond acceptors (Lipinski definition) is 2. The summed E-state index contributed by atoms with van der Waals surface area (Å²) in [4.78, 5) is 20.8. The fraction of sp³-hybridized carbons (Fsp3) is 0. The van der Waals surface area contributed by atoms with E-state index in [4.69, 9.17) is 5.11 Å². The highest BCUT2D eigenvalue weighted by atomic mass is 127. The van der Waals surface area contributed by atoms with Crippen LogP contribution in [0.25, 0.3) is 0 Å². The Balaban J connectivity index is 3.17. The summed E-state index contributed by atoms with van der Waals surface area (Å²) in [6, 6.07) is 4.71. The van der Waals surface area contributed by atoms with Gasteiger partial charge in [-0.25, -0.2) is 4.79 Å². The molecule has 0 radical (unpaired) electrons. The van der Waals surface area contributed by atoms with E-state index in [0.29, 0.717) is 15.7 Å². The normalized spacial score (nSPS) is 9.31. The first-order valence-corrected chi connectivity index (χ1v) is 4.46. The van der Waals surface area contributed by atoms with Gasteiger partial charge in [-0.1, -0.05) is 6.07 Å². The number of carbonyl (C=O) groups is 2. The molecule has 0 heterocycles. The molecule has 0 bridgehead atoms. The van der Waals surface area contributed by atoms with E-state index in [2.05, 4.69) is 5.32 Å². The molecule has 0 atom stereocenters. The zero-order valence-corrected chi connectivity index (χ0v) is 8.61. The maximum absolute atomic E-state index is 10.7. The molecule has 2 N–H and O–H groups in total. The van der Waals surface area contributed by atoms with Gasteiger partial charge in [0, 0.05) is 0 Å². The molecule has 68 valence electrons. The van der Waals surface area contributed by atoms with E-state index in [1.165, 1.54) is 6.07 Å². The highest BCUT2D eigenvalue weighted by molar-refractivity contribution is 14.1. The van der Waals surface area contributed by atoms with E-state index in [9.17, 15) is 9.59 Å². The van der Waals surface area contributed by atoms with Crippen LogP contribution in [-0.4, -0.2) is 17.5 Å². The number of benzene rings is 1. The third-order valence-corrected chi connectivity index (χ3v) is 2.61. The highest BCUT2D eigenvalue weighted by Crippen LogP contribution is 2.21. The quantitative estimate of drug-likeness (QED) is 0.656. The van der Waals surface area contributed by atoms with Crippen LogP contribution in [0.15, 0.2) is 18.2 Å². The maximum atomic E-state index is 10.7. The number of carbonyl (C=O) groups excluding carboxylic acids is 1. The third-order valence-electron chi connectivity index (χ3n) is 1.44. The van der Waals surface area contributed by atoms with Crippen LogP contribution in [-0.2, 0) is 4.79 Å². The van der Waals surface area contributed by atoms with Crippen molar-refractivity contribution < 1.29 is 14.7 Å². The van der Waals surface area contributed by atoms with Gasteiger partial charge in [-0.05, 0) is 34.7 Å². The van der Waals surface area contributed by atoms with Crippen molar-refractivity contribution in [2.75, 3.05) is 5.32 Å². The van der Waals surface area contributed by atoms with E-state index in [0.717, 1.165) is 0 Å². The molecule has 0 saturated heterocycles. The molecule has 13 heavy (non-hydrogen) atoms. The molecule has 0 fully saturated rings. The summed E-state index contributed by atoms with van der Waals surface area (Å²) >= 11 is 1.88. The van der Waals surface area contributed by atoms with E-state index in [1.807, 2.05) is 22.6 Å². The second-order valence-electron chi connectivity index (χ2n) is 2.23. The number of anilines is 1.